The fraction of sp³-hybridized carbons (Fsp3) is 0.269. The molecule has 0 aliphatic carbocycles. The molecule has 32 heavy (non-hydrogen) atoms. The fourth-order valence-electron chi connectivity index (χ4n) is 2.63. The van der Waals surface area contributed by atoms with Crippen LogP contribution in [0.1, 0.15) is 38.8 Å². The highest BCUT2D eigenvalue weighted by atomic mass is 35.5. The Labute approximate surface area is 194 Å². The number of pyridine rings is 1. The van der Waals surface area contributed by atoms with E-state index in [1.165, 1.54) is 17.7 Å². The van der Waals surface area contributed by atoms with Gasteiger partial charge in [-0.2, -0.15) is 0 Å². The molecule has 0 bridgehead atoms. The van der Waals surface area contributed by atoms with E-state index in [1.54, 1.807) is 56.4 Å². The summed E-state index contributed by atoms with van der Waals surface area (Å²) in [5.74, 6) is 6.96. The second kappa shape index (κ2) is 11.4. The fourth-order valence-corrected chi connectivity index (χ4v) is 2.75. The van der Waals surface area contributed by atoms with Gasteiger partial charge in [0.1, 0.15) is 6.61 Å². The molecule has 1 aromatic heterocycles. The van der Waals surface area contributed by atoms with Gasteiger partial charge in [0.25, 0.3) is 5.56 Å². The highest BCUT2D eigenvalue weighted by molar-refractivity contribution is 6.30. The van der Waals surface area contributed by atoms with Gasteiger partial charge in [-0.15, -0.1) is 0 Å². The lowest BCUT2D eigenvalue weighted by molar-refractivity contribution is 0.0276. The summed E-state index contributed by atoms with van der Waals surface area (Å²) in [5.41, 5.74) is 0.872. The molecule has 5 nitrogen and oxygen atoms in total. The van der Waals surface area contributed by atoms with Crippen molar-refractivity contribution in [2.24, 2.45) is 0 Å². The molecule has 6 heteroatoms. The third-order valence-electron chi connectivity index (χ3n) is 4.12. The summed E-state index contributed by atoms with van der Waals surface area (Å²) < 4.78 is 12.5. The van der Waals surface area contributed by atoms with Gasteiger partial charge in [-0.1, -0.05) is 37.3 Å². The molecular formula is C26H28ClNO4. The molecule has 1 heterocycles. The van der Waals surface area contributed by atoms with Gasteiger partial charge in [0.05, 0.1) is 18.4 Å². The number of nitrogens with zero attached hydrogens (tertiary/aromatic N) is 1. The van der Waals surface area contributed by atoms with Gasteiger partial charge in [0.15, 0.2) is 11.5 Å². The van der Waals surface area contributed by atoms with E-state index in [-0.39, 0.29) is 12.2 Å². The number of aliphatic hydroxyl groups is 1. The number of hydrogen-bond acceptors (Lipinski definition) is 4. The van der Waals surface area contributed by atoms with Crippen LogP contribution in [0.2, 0.25) is 5.02 Å². The standard InChI is InChI=1S/C24H22ClNO4.C2H6/c1-24(2,28)16-30-21-11-10-20(15-22(21)29-3)26-13-12-18(14-23(26)27)5-4-17-6-8-19(25)9-7-17;1-2/h6-15,28H,16H2,1-3H3;1-2H3. The lowest BCUT2D eigenvalue weighted by Crippen LogP contribution is -2.28. The predicted molar refractivity (Wildman–Crippen MR) is 129 cm³/mol. The Bertz CT molecular complexity index is 1150. The maximum atomic E-state index is 12.6. The first-order chi connectivity index (χ1) is 15.2. The first kappa shape index (κ1) is 25.1. The van der Waals surface area contributed by atoms with Gasteiger partial charge < -0.3 is 14.6 Å². The first-order valence-corrected chi connectivity index (χ1v) is 10.7. The molecule has 0 aliphatic heterocycles. The minimum absolute atomic E-state index is 0.115. The van der Waals surface area contributed by atoms with Crippen molar-refractivity contribution in [3.05, 3.63) is 87.3 Å². The monoisotopic (exact) mass is 453 g/mol. The molecule has 3 rings (SSSR count). The van der Waals surface area contributed by atoms with Crippen LogP contribution >= 0.6 is 11.6 Å². The molecule has 0 atom stereocenters. The van der Waals surface area contributed by atoms with Crippen LogP contribution in [0.4, 0.5) is 0 Å². The number of hydrogen-bond donors (Lipinski definition) is 1. The van der Waals surface area contributed by atoms with Crippen molar-refractivity contribution in [2.75, 3.05) is 13.7 Å². The zero-order valence-corrected chi connectivity index (χ0v) is 19.7. The van der Waals surface area contributed by atoms with Crippen LogP contribution < -0.4 is 15.0 Å². The van der Waals surface area contributed by atoms with E-state index in [0.717, 1.165) is 5.56 Å². The van der Waals surface area contributed by atoms with Crippen molar-refractivity contribution in [3.8, 4) is 29.0 Å². The zero-order chi connectivity index (χ0) is 23.7. The molecule has 0 fully saturated rings. The van der Waals surface area contributed by atoms with Gasteiger partial charge in [-0.25, -0.2) is 0 Å². The molecule has 0 unspecified atom stereocenters. The Morgan fingerprint density at radius 3 is 2.22 bits per heavy atom. The molecule has 0 amide bonds. The number of methoxy groups -OCH3 is 1. The van der Waals surface area contributed by atoms with Gasteiger partial charge in [0.2, 0.25) is 0 Å². The summed E-state index contributed by atoms with van der Waals surface area (Å²) in [6.07, 6.45) is 1.67. The van der Waals surface area contributed by atoms with Crippen LogP contribution in [0.15, 0.2) is 65.6 Å². The van der Waals surface area contributed by atoms with E-state index in [4.69, 9.17) is 21.1 Å². The van der Waals surface area contributed by atoms with Crippen LogP contribution in [-0.4, -0.2) is 29.0 Å². The van der Waals surface area contributed by atoms with E-state index in [0.29, 0.717) is 27.8 Å². The highest BCUT2D eigenvalue weighted by Gasteiger charge is 2.15. The number of rotatable bonds is 5. The topological polar surface area (TPSA) is 60.7 Å². The average Bonchev–Trinajstić information content (AvgIpc) is 2.78. The van der Waals surface area contributed by atoms with E-state index in [2.05, 4.69) is 11.8 Å². The quantitative estimate of drug-likeness (QED) is 0.547. The van der Waals surface area contributed by atoms with Crippen molar-refractivity contribution in [3.63, 3.8) is 0 Å². The number of ether oxygens (including phenoxy) is 2. The number of halogens is 1. The lowest BCUT2D eigenvalue weighted by atomic mass is 10.1. The number of benzene rings is 2. The molecular weight excluding hydrogens is 426 g/mol. The molecule has 0 saturated heterocycles. The lowest BCUT2D eigenvalue weighted by Gasteiger charge is -2.19. The van der Waals surface area contributed by atoms with Crippen LogP contribution in [0.25, 0.3) is 5.69 Å². The predicted octanol–water partition coefficient (Wildman–Crippen LogP) is 5.08. The van der Waals surface area contributed by atoms with Crippen LogP contribution in [0, 0.1) is 11.8 Å². The SMILES string of the molecule is CC.COc1cc(-n2ccc(C#Cc3ccc(Cl)cc3)cc2=O)ccc1OCC(C)(C)O. The van der Waals surface area contributed by atoms with E-state index in [1.807, 2.05) is 26.0 Å². The Hall–Kier alpha value is -3.20. The molecule has 0 aliphatic rings. The zero-order valence-electron chi connectivity index (χ0n) is 19.0. The van der Waals surface area contributed by atoms with Crippen LogP contribution in [0.3, 0.4) is 0 Å². The summed E-state index contributed by atoms with van der Waals surface area (Å²) in [6.45, 7) is 7.43. The molecule has 0 radical (unpaired) electrons. The van der Waals surface area contributed by atoms with E-state index >= 15 is 0 Å². The number of aromatic nitrogens is 1. The largest absolute Gasteiger partial charge is 0.493 e. The maximum Gasteiger partial charge on any atom is 0.256 e. The second-order valence-corrected chi connectivity index (χ2v) is 7.75. The van der Waals surface area contributed by atoms with Crippen LogP contribution in [0.5, 0.6) is 11.5 Å². The minimum Gasteiger partial charge on any atom is -0.493 e. The summed E-state index contributed by atoms with van der Waals surface area (Å²) >= 11 is 5.87. The normalized spacial score (nSPS) is 10.3. The van der Waals surface area contributed by atoms with Gasteiger partial charge in [0, 0.05) is 34.5 Å². The highest BCUT2D eigenvalue weighted by Crippen LogP contribution is 2.29. The average molecular weight is 454 g/mol. The Morgan fingerprint density at radius 1 is 0.969 bits per heavy atom. The molecule has 0 spiro atoms. The van der Waals surface area contributed by atoms with Crippen molar-refractivity contribution in [1.82, 2.24) is 4.57 Å². The van der Waals surface area contributed by atoms with E-state index in [9.17, 15) is 9.90 Å². The van der Waals surface area contributed by atoms with E-state index < -0.39 is 5.60 Å². The molecule has 0 saturated carbocycles. The third kappa shape index (κ3) is 7.19. The smallest absolute Gasteiger partial charge is 0.256 e. The summed E-state index contributed by atoms with van der Waals surface area (Å²) in [7, 11) is 1.52. The van der Waals surface area contributed by atoms with Crippen molar-refractivity contribution >= 4 is 11.6 Å². The molecule has 3 aromatic rings. The molecule has 2 aromatic carbocycles. The summed E-state index contributed by atoms with van der Waals surface area (Å²) in [6, 6.07) is 15.6. The summed E-state index contributed by atoms with van der Waals surface area (Å²) in [5, 5.41) is 10.5. The van der Waals surface area contributed by atoms with Crippen molar-refractivity contribution in [2.45, 2.75) is 33.3 Å². The Morgan fingerprint density at radius 2 is 1.62 bits per heavy atom. The maximum absolute atomic E-state index is 12.6. The van der Waals surface area contributed by atoms with Crippen molar-refractivity contribution in [1.29, 1.82) is 0 Å². The molecule has 1 N–H and O–H groups in total. The van der Waals surface area contributed by atoms with Crippen LogP contribution in [-0.2, 0) is 0 Å². The Kier molecular flexibility index (Phi) is 8.95. The van der Waals surface area contributed by atoms with Gasteiger partial charge >= 0.3 is 0 Å². The Balaban J connectivity index is 0.00000176. The first-order valence-electron chi connectivity index (χ1n) is 10.3. The molecule has 168 valence electrons. The third-order valence-corrected chi connectivity index (χ3v) is 4.37. The van der Waals surface area contributed by atoms with Crippen molar-refractivity contribution < 1.29 is 14.6 Å². The van der Waals surface area contributed by atoms with Gasteiger partial charge in [-0.05, 0) is 56.3 Å². The summed E-state index contributed by atoms with van der Waals surface area (Å²) in [4.78, 5) is 12.6. The van der Waals surface area contributed by atoms with Gasteiger partial charge in [-0.3, -0.25) is 9.36 Å². The minimum atomic E-state index is -0.969. The second-order valence-electron chi connectivity index (χ2n) is 7.32.